The van der Waals surface area contributed by atoms with Gasteiger partial charge in [0.25, 0.3) is 15.9 Å². The number of aliphatic hydroxyl groups is 1. The van der Waals surface area contributed by atoms with E-state index in [1.54, 1.807) is 6.07 Å². The van der Waals surface area contributed by atoms with Crippen LogP contribution in [0, 0.1) is 13.8 Å². The van der Waals surface area contributed by atoms with Gasteiger partial charge in [-0.15, -0.1) is 0 Å². The molecule has 0 radical (unpaired) electrons. The minimum absolute atomic E-state index is 0.0848. The number of amides is 1. The summed E-state index contributed by atoms with van der Waals surface area (Å²) in [7, 11) is -4.09. The van der Waals surface area contributed by atoms with Crippen molar-refractivity contribution in [1.82, 2.24) is 15.3 Å². The number of hydrogen-bond acceptors (Lipinski definition) is 7. The van der Waals surface area contributed by atoms with E-state index in [-0.39, 0.29) is 28.9 Å². The standard InChI is InChI=1S/C23H24N4O5S/c1-13-6-4-7-14(2)21(13)18-11-20-26-23(25-18)27-33(30,31)17-9-5-8-16(10-17)22(29)24-19(12-32-20)15(3)28/h4-11,15,19,28H,12H2,1-3H3,(H,24,29)(H,25,26,27)/t15-,19-/m0/s1. The highest BCUT2D eigenvalue weighted by atomic mass is 32.2. The summed E-state index contributed by atoms with van der Waals surface area (Å²) in [5.41, 5.74) is 3.35. The van der Waals surface area contributed by atoms with Crippen molar-refractivity contribution in [1.29, 1.82) is 0 Å². The summed E-state index contributed by atoms with van der Waals surface area (Å²) in [6, 6.07) is 12.2. The Morgan fingerprint density at radius 3 is 2.48 bits per heavy atom. The molecule has 33 heavy (non-hydrogen) atoms. The number of aryl methyl sites for hydroxylation is 2. The molecule has 4 bridgehead atoms. The van der Waals surface area contributed by atoms with E-state index in [0.717, 1.165) is 16.7 Å². The van der Waals surface area contributed by atoms with E-state index in [9.17, 15) is 18.3 Å². The van der Waals surface area contributed by atoms with Gasteiger partial charge in [0.15, 0.2) is 0 Å². The molecule has 1 aromatic heterocycles. The molecule has 0 unspecified atom stereocenters. The average molecular weight is 469 g/mol. The van der Waals surface area contributed by atoms with E-state index < -0.39 is 28.1 Å². The van der Waals surface area contributed by atoms with E-state index >= 15 is 0 Å². The third kappa shape index (κ3) is 4.81. The molecule has 10 heteroatoms. The Kier molecular flexibility index (Phi) is 6.05. The molecule has 172 valence electrons. The number of sulfonamides is 1. The molecule has 1 aliphatic heterocycles. The number of aliphatic hydroxyl groups excluding tert-OH is 1. The lowest BCUT2D eigenvalue weighted by atomic mass is 10.00. The van der Waals surface area contributed by atoms with Crippen molar-refractivity contribution in [3.8, 4) is 17.1 Å². The van der Waals surface area contributed by atoms with Crippen LogP contribution in [0.5, 0.6) is 5.88 Å². The lowest BCUT2D eigenvalue weighted by Crippen LogP contribution is -2.46. The van der Waals surface area contributed by atoms with Gasteiger partial charge < -0.3 is 15.2 Å². The second-order valence-electron chi connectivity index (χ2n) is 7.95. The van der Waals surface area contributed by atoms with Crippen LogP contribution in [0.1, 0.15) is 28.4 Å². The number of carbonyl (C=O) groups is 1. The fourth-order valence-corrected chi connectivity index (χ4v) is 4.59. The molecule has 0 aliphatic carbocycles. The Morgan fingerprint density at radius 1 is 1.09 bits per heavy atom. The van der Waals surface area contributed by atoms with E-state index in [0.29, 0.717) is 5.69 Å². The molecule has 1 amide bonds. The van der Waals surface area contributed by atoms with Crippen LogP contribution in [0.2, 0.25) is 0 Å². The predicted octanol–water partition coefficient (Wildman–Crippen LogP) is 2.43. The third-order valence-electron chi connectivity index (χ3n) is 5.38. The van der Waals surface area contributed by atoms with Crippen LogP contribution in [0.25, 0.3) is 11.3 Å². The molecule has 0 saturated heterocycles. The largest absolute Gasteiger partial charge is 0.475 e. The number of benzene rings is 2. The molecule has 3 aromatic rings. The molecule has 0 spiro atoms. The summed E-state index contributed by atoms with van der Waals surface area (Å²) in [5.74, 6) is -0.594. The fraction of sp³-hybridized carbons (Fsp3) is 0.261. The first kappa shape index (κ1) is 22.7. The Balaban J connectivity index is 1.88. The first-order valence-electron chi connectivity index (χ1n) is 10.3. The summed E-state index contributed by atoms with van der Waals surface area (Å²) in [6.07, 6.45) is -0.927. The van der Waals surface area contributed by atoms with Gasteiger partial charge in [-0.2, -0.15) is 4.98 Å². The number of nitrogens with one attached hydrogen (secondary N) is 2. The molecule has 0 saturated carbocycles. The molecule has 4 rings (SSSR count). The Bertz CT molecular complexity index is 1300. The minimum atomic E-state index is -4.09. The second kappa shape index (κ2) is 8.80. The maximum Gasteiger partial charge on any atom is 0.264 e. The highest BCUT2D eigenvalue weighted by Crippen LogP contribution is 2.29. The average Bonchev–Trinajstić information content (AvgIpc) is 2.75. The molecule has 1 aliphatic rings. The van der Waals surface area contributed by atoms with Crippen LogP contribution in [-0.2, 0) is 10.0 Å². The van der Waals surface area contributed by atoms with Crippen LogP contribution < -0.4 is 14.8 Å². The maximum absolute atomic E-state index is 13.0. The van der Waals surface area contributed by atoms with Gasteiger partial charge in [0.1, 0.15) is 6.61 Å². The van der Waals surface area contributed by atoms with E-state index in [2.05, 4.69) is 20.0 Å². The molecule has 2 aromatic carbocycles. The highest BCUT2D eigenvalue weighted by molar-refractivity contribution is 7.92. The summed E-state index contributed by atoms with van der Waals surface area (Å²) in [6.45, 7) is 5.31. The van der Waals surface area contributed by atoms with E-state index in [1.807, 2.05) is 32.0 Å². The molecule has 3 N–H and O–H groups in total. The lowest BCUT2D eigenvalue weighted by molar-refractivity contribution is 0.0779. The first-order chi connectivity index (χ1) is 15.6. The monoisotopic (exact) mass is 468 g/mol. The lowest BCUT2D eigenvalue weighted by Gasteiger charge is -2.21. The zero-order valence-electron chi connectivity index (χ0n) is 18.4. The van der Waals surface area contributed by atoms with Crippen molar-refractivity contribution >= 4 is 21.9 Å². The zero-order valence-corrected chi connectivity index (χ0v) is 19.2. The van der Waals surface area contributed by atoms with Crippen LogP contribution in [0.15, 0.2) is 53.4 Å². The van der Waals surface area contributed by atoms with E-state index in [4.69, 9.17) is 4.74 Å². The van der Waals surface area contributed by atoms with Gasteiger partial charge in [0.05, 0.1) is 22.7 Å². The summed E-state index contributed by atoms with van der Waals surface area (Å²) >= 11 is 0. The number of hydrogen-bond donors (Lipinski definition) is 3. The zero-order chi connectivity index (χ0) is 23.8. The molecular formula is C23H24N4O5S. The highest BCUT2D eigenvalue weighted by Gasteiger charge is 2.24. The molecule has 2 atom stereocenters. The van der Waals surface area contributed by atoms with Gasteiger partial charge in [-0.3, -0.25) is 4.79 Å². The molecule has 9 nitrogen and oxygen atoms in total. The summed E-state index contributed by atoms with van der Waals surface area (Å²) < 4.78 is 34.2. The van der Waals surface area contributed by atoms with Gasteiger partial charge >= 0.3 is 0 Å². The minimum Gasteiger partial charge on any atom is -0.475 e. The van der Waals surface area contributed by atoms with Crippen molar-refractivity contribution in [3.05, 3.63) is 65.2 Å². The third-order valence-corrected chi connectivity index (χ3v) is 6.71. The van der Waals surface area contributed by atoms with Crippen LogP contribution in [0.4, 0.5) is 5.95 Å². The van der Waals surface area contributed by atoms with Crippen molar-refractivity contribution in [2.75, 3.05) is 11.3 Å². The first-order valence-corrected chi connectivity index (χ1v) is 11.8. The number of nitrogens with zero attached hydrogens (tertiary/aromatic N) is 2. The number of rotatable bonds is 2. The number of ether oxygens (including phenoxy) is 1. The smallest absolute Gasteiger partial charge is 0.264 e. The number of fused-ring (bicyclic) bond motifs is 4. The van der Waals surface area contributed by atoms with Gasteiger partial charge in [-0.1, -0.05) is 24.3 Å². The van der Waals surface area contributed by atoms with Crippen LogP contribution >= 0.6 is 0 Å². The van der Waals surface area contributed by atoms with Crippen molar-refractivity contribution in [3.63, 3.8) is 0 Å². The normalized spacial score (nSPS) is 18.4. The van der Waals surface area contributed by atoms with E-state index in [1.165, 1.54) is 31.2 Å². The molecular weight excluding hydrogens is 444 g/mol. The fourth-order valence-electron chi connectivity index (χ4n) is 3.60. The Morgan fingerprint density at radius 2 is 1.79 bits per heavy atom. The molecule has 2 heterocycles. The second-order valence-corrected chi connectivity index (χ2v) is 9.63. The number of aromatic nitrogens is 2. The van der Waals surface area contributed by atoms with Crippen LogP contribution in [-0.4, -0.2) is 48.2 Å². The Hall–Kier alpha value is -3.50. The number of carbonyl (C=O) groups excluding carboxylic acids is 1. The van der Waals surface area contributed by atoms with Gasteiger partial charge in [0, 0.05) is 17.2 Å². The summed E-state index contributed by atoms with van der Waals surface area (Å²) in [4.78, 5) is 21.2. The summed E-state index contributed by atoms with van der Waals surface area (Å²) in [5, 5.41) is 12.9. The van der Waals surface area contributed by atoms with Crippen molar-refractivity contribution in [2.24, 2.45) is 0 Å². The van der Waals surface area contributed by atoms with Gasteiger partial charge in [0.2, 0.25) is 11.8 Å². The quantitative estimate of drug-likeness (QED) is 0.526. The predicted molar refractivity (Wildman–Crippen MR) is 123 cm³/mol. The topological polar surface area (TPSA) is 131 Å². The Labute approximate surface area is 191 Å². The van der Waals surface area contributed by atoms with Crippen molar-refractivity contribution < 1.29 is 23.1 Å². The van der Waals surface area contributed by atoms with Crippen molar-refractivity contribution in [2.45, 2.75) is 37.8 Å². The van der Waals surface area contributed by atoms with Crippen LogP contribution in [0.3, 0.4) is 0 Å². The number of anilines is 1. The molecule has 0 fully saturated rings. The van der Waals surface area contributed by atoms with Gasteiger partial charge in [-0.25, -0.2) is 18.1 Å². The maximum atomic E-state index is 13.0. The van der Waals surface area contributed by atoms with Gasteiger partial charge in [-0.05, 0) is 50.1 Å². The SMILES string of the molecule is Cc1cccc(C)c1-c1cc2nc(n1)NS(=O)(=O)c1cccc(c1)C(=O)N[C@H]([C@H](C)O)CO2.